The van der Waals surface area contributed by atoms with Gasteiger partial charge in [-0.2, -0.15) is 0 Å². The number of piperidine rings is 1. The summed E-state index contributed by atoms with van der Waals surface area (Å²) in [6.45, 7) is 2.63. The first-order valence-electron chi connectivity index (χ1n) is 7.75. The zero-order valence-electron chi connectivity index (χ0n) is 13.2. The Labute approximate surface area is 130 Å². The molecule has 6 nitrogen and oxygen atoms in total. The predicted molar refractivity (Wildman–Crippen MR) is 87.0 cm³/mol. The van der Waals surface area contributed by atoms with Crippen LogP contribution in [-0.2, 0) is 20.6 Å². The Morgan fingerprint density at radius 2 is 2.00 bits per heavy atom. The van der Waals surface area contributed by atoms with Crippen LogP contribution in [0.5, 0.6) is 0 Å². The number of rotatable bonds is 4. The summed E-state index contributed by atoms with van der Waals surface area (Å²) in [7, 11) is 3.83. The van der Waals surface area contributed by atoms with E-state index in [9.17, 15) is 4.79 Å². The van der Waals surface area contributed by atoms with Gasteiger partial charge < -0.3 is 19.4 Å². The molecular weight excluding hydrogens is 278 g/mol. The van der Waals surface area contributed by atoms with E-state index in [4.69, 9.17) is 0 Å². The first-order chi connectivity index (χ1) is 10.6. The summed E-state index contributed by atoms with van der Waals surface area (Å²) in [4.78, 5) is 18.5. The van der Waals surface area contributed by atoms with Crippen LogP contribution in [0.25, 0.3) is 0 Å². The monoisotopic (exact) mass is 301 g/mol. The molecule has 0 bridgehead atoms. The lowest BCUT2D eigenvalue weighted by Crippen LogP contribution is -2.44. The number of aryl methyl sites for hydroxylation is 2. The zero-order valence-corrected chi connectivity index (χ0v) is 13.2. The second kappa shape index (κ2) is 6.36. The summed E-state index contributed by atoms with van der Waals surface area (Å²) in [5.41, 5.74) is 1.28. The van der Waals surface area contributed by atoms with Crippen molar-refractivity contribution in [2.24, 2.45) is 14.1 Å². The third kappa shape index (κ3) is 3.06. The van der Waals surface area contributed by atoms with Crippen LogP contribution in [0.4, 0.5) is 5.82 Å². The summed E-state index contributed by atoms with van der Waals surface area (Å²) >= 11 is 0. The summed E-state index contributed by atoms with van der Waals surface area (Å²) in [6.07, 6.45) is 7.52. The predicted octanol–water partition coefficient (Wildman–Crippen LogP) is 0.877. The highest BCUT2D eigenvalue weighted by Crippen LogP contribution is 2.15. The largest absolute Gasteiger partial charge is 0.353 e. The van der Waals surface area contributed by atoms with Gasteiger partial charge in [0.05, 0.1) is 0 Å². The van der Waals surface area contributed by atoms with Crippen LogP contribution in [0.3, 0.4) is 0 Å². The molecule has 0 radical (unpaired) electrons. The van der Waals surface area contributed by atoms with E-state index < -0.39 is 0 Å². The molecule has 2 aromatic heterocycles. The lowest BCUT2D eigenvalue weighted by atomic mass is 10.1. The molecule has 118 valence electrons. The average molecular weight is 301 g/mol. The minimum absolute atomic E-state index is 0.0160. The second-order valence-corrected chi connectivity index (χ2v) is 5.92. The van der Waals surface area contributed by atoms with Crippen molar-refractivity contribution in [3.63, 3.8) is 0 Å². The molecule has 6 heteroatoms. The number of hydrogen-bond acceptors (Lipinski definition) is 4. The van der Waals surface area contributed by atoms with Crippen molar-refractivity contribution >= 4 is 5.82 Å². The number of hydrogen-bond donors (Lipinski definition) is 1. The number of aromatic nitrogens is 3. The summed E-state index contributed by atoms with van der Waals surface area (Å²) in [6, 6.07) is 4.70. The van der Waals surface area contributed by atoms with Gasteiger partial charge in [-0.05, 0) is 25.0 Å². The Bertz CT molecular complexity index is 682. The van der Waals surface area contributed by atoms with Crippen LogP contribution >= 0.6 is 0 Å². The van der Waals surface area contributed by atoms with E-state index in [1.54, 1.807) is 24.0 Å². The quantitative estimate of drug-likeness (QED) is 0.911. The van der Waals surface area contributed by atoms with Gasteiger partial charge >= 0.3 is 0 Å². The molecule has 1 aliphatic rings. The van der Waals surface area contributed by atoms with Crippen molar-refractivity contribution in [1.29, 1.82) is 0 Å². The molecule has 0 spiro atoms. The van der Waals surface area contributed by atoms with Gasteiger partial charge in [-0.1, -0.05) is 0 Å². The SMILES string of the molecule is Cn1cccc1CNC1CCN(c2nccn(C)c2=O)CC1. The Morgan fingerprint density at radius 3 is 2.68 bits per heavy atom. The van der Waals surface area contributed by atoms with E-state index in [0.717, 1.165) is 32.5 Å². The molecule has 0 unspecified atom stereocenters. The standard InChI is InChI=1S/C16H23N5O/c1-19-8-3-4-14(19)12-18-13-5-9-21(10-6-13)15-16(22)20(2)11-7-17-15/h3-4,7-8,11,13,18H,5-6,9-10,12H2,1-2H3. The Balaban J connectivity index is 1.55. The zero-order chi connectivity index (χ0) is 15.5. The molecule has 0 amide bonds. The lowest BCUT2D eigenvalue weighted by Gasteiger charge is -2.32. The molecule has 1 saturated heterocycles. The van der Waals surface area contributed by atoms with Gasteiger partial charge in [0.25, 0.3) is 5.56 Å². The van der Waals surface area contributed by atoms with Gasteiger partial charge in [0, 0.05) is 64.1 Å². The van der Waals surface area contributed by atoms with Crippen LogP contribution in [0, 0.1) is 0 Å². The molecule has 1 fully saturated rings. The van der Waals surface area contributed by atoms with Gasteiger partial charge in [0.15, 0.2) is 5.82 Å². The van der Waals surface area contributed by atoms with E-state index in [-0.39, 0.29) is 5.56 Å². The minimum Gasteiger partial charge on any atom is -0.353 e. The van der Waals surface area contributed by atoms with Crippen molar-refractivity contribution in [2.75, 3.05) is 18.0 Å². The number of anilines is 1. The fraction of sp³-hybridized carbons (Fsp3) is 0.500. The first-order valence-corrected chi connectivity index (χ1v) is 7.75. The van der Waals surface area contributed by atoms with Crippen molar-refractivity contribution in [2.45, 2.75) is 25.4 Å². The van der Waals surface area contributed by atoms with E-state index in [1.807, 2.05) is 0 Å². The second-order valence-electron chi connectivity index (χ2n) is 5.92. The molecule has 3 rings (SSSR count). The Hall–Kier alpha value is -2.08. The van der Waals surface area contributed by atoms with Crippen LogP contribution in [0.1, 0.15) is 18.5 Å². The van der Waals surface area contributed by atoms with E-state index in [1.165, 1.54) is 5.69 Å². The van der Waals surface area contributed by atoms with E-state index in [2.05, 4.69) is 45.1 Å². The van der Waals surface area contributed by atoms with E-state index >= 15 is 0 Å². The highest BCUT2D eigenvalue weighted by Gasteiger charge is 2.21. The molecule has 3 heterocycles. The van der Waals surface area contributed by atoms with E-state index in [0.29, 0.717) is 11.9 Å². The number of nitrogens with zero attached hydrogens (tertiary/aromatic N) is 4. The summed E-state index contributed by atoms with van der Waals surface area (Å²) < 4.78 is 3.72. The Morgan fingerprint density at radius 1 is 1.23 bits per heavy atom. The Kier molecular flexibility index (Phi) is 4.29. The van der Waals surface area contributed by atoms with Gasteiger partial charge in [0.2, 0.25) is 0 Å². The van der Waals surface area contributed by atoms with Crippen LogP contribution in [0.2, 0.25) is 0 Å². The maximum absolute atomic E-state index is 12.1. The molecule has 1 N–H and O–H groups in total. The van der Waals surface area contributed by atoms with Gasteiger partial charge in [-0.3, -0.25) is 4.79 Å². The smallest absolute Gasteiger partial charge is 0.293 e. The van der Waals surface area contributed by atoms with Crippen LogP contribution < -0.4 is 15.8 Å². The van der Waals surface area contributed by atoms with Crippen molar-refractivity contribution < 1.29 is 0 Å². The molecule has 0 aliphatic carbocycles. The summed E-state index contributed by atoms with van der Waals surface area (Å²) in [5.74, 6) is 0.575. The normalized spacial score (nSPS) is 16.2. The minimum atomic E-state index is -0.0160. The van der Waals surface area contributed by atoms with Gasteiger partial charge in [-0.25, -0.2) is 4.98 Å². The highest BCUT2D eigenvalue weighted by atomic mass is 16.1. The maximum Gasteiger partial charge on any atom is 0.293 e. The van der Waals surface area contributed by atoms with Crippen molar-refractivity contribution in [3.05, 3.63) is 46.8 Å². The molecule has 0 aromatic carbocycles. The number of nitrogens with one attached hydrogen (secondary N) is 1. The molecule has 22 heavy (non-hydrogen) atoms. The van der Waals surface area contributed by atoms with Gasteiger partial charge in [-0.15, -0.1) is 0 Å². The van der Waals surface area contributed by atoms with Crippen molar-refractivity contribution in [1.82, 2.24) is 19.4 Å². The fourth-order valence-corrected chi connectivity index (χ4v) is 2.93. The van der Waals surface area contributed by atoms with Crippen molar-refractivity contribution in [3.8, 4) is 0 Å². The topological polar surface area (TPSA) is 55.1 Å². The average Bonchev–Trinajstić information content (AvgIpc) is 2.94. The third-order valence-corrected chi connectivity index (χ3v) is 4.42. The summed E-state index contributed by atoms with van der Waals surface area (Å²) in [5, 5.41) is 3.61. The molecule has 0 atom stereocenters. The maximum atomic E-state index is 12.1. The fourth-order valence-electron chi connectivity index (χ4n) is 2.93. The molecular formula is C16H23N5O. The lowest BCUT2D eigenvalue weighted by molar-refractivity contribution is 0.408. The highest BCUT2D eigenvalue weighted by molar-refractivity contribution is 5.36. The van der Waals surface area contributed by atoms with Gasteiger partial charge in [0.1, 0.15) is 0 Å². The van der Waals surface area contributed by atoms with Crippen LogP contribution in [-0.4, -0.2) is 33.2 Å². The van der Waals surface area contributed by atoms with Crippen LogP contribution in [0.15, 0.2) is 35.5 Å². The first kappa shape index (κ1) is 14.8. The third-order valence-electron chi connectivity index (χ3n) is 4.42. The molecule has 0 saturated carbocycles. The molecule has 1 aliphatic heterocycles. The molecule has 2 aromatic rings.